The molecule has 0 bridgehead atoms. The van der Waals surface area contributed by atoms with Crippen molar-refractivity contribution in [2.75, 3.05) is 34.0 Å². The van der Waals surface area contributed by atoms with Gasteiger partial charge in [-0.15, -0.1) is 0 Å². The molecule has 1 aromatic carbocycles. The van der Waals surface area contributed by atoms with Crippen LogP contribution >= 0.6 is 0 Å². The van der Waals surface area contributed by atoms with Crippen LogP contribution in [0.4, 0.5) is 8.78 Å². The van der Waals surface area contributed by atoms with Crippen LogP contribution in [-0.4, -0.2) is 61.6 Å². The zero-order valence-electron chi connectivity index (χ0n) is 16.8. The van der Waals surface area contributed by atoms with E-state index in [0.717, 1.165) is 17.6 Å². The molecule has 0 aromatic heterocycles. The Balaban J connectivity index is 1.61. The van der Waals surface area contributed by atoms with E-state index in [1.807, 2.05) is 0 Å². The van der Waals surface area contributed by atoms with Crippen LogP contribution < -0.4 is 9.47 Å². The van der Waals surface area contributed by atoms with Crippen LogP contribution in [0.2, 0.25) is 0 Å². The second-order valence-corrected chi connectivity index (χ2v) is 9.12. The molecule has 1 saturated heterocycles. The Bertz CT molecular complexity index is 789. The van der Waals surface area contributed by atoms with Gasteiger partial charge in [0, 0.05) is 31.6 Å². The molecule has 4 rings (SSSR count). The third-order valence-electron chi connectivity index (χ3n) is 6.50. The van der Waals surface area contributed by atoms with E-state index in [4.69, 9.17) is 14.2 Å². The summed E-state index contributed by atoms with van der Waals surface area (Å²) in [5.41, 5.74) is -1.94. The first-order valence-corrected chi connectivity index (χ1v) is 10.1. The Morgan fingerprint density at radius 3 is 2.55 bits per heavy atom. The lowest BCUT2D eigenvalue weighted by Gasteiger charge is -2.38. The average molecular weight is 412 g/mol. The van der Waals surface area contributed by atoms with Gasteiger partial charge in [-0.25, -0.2) is 13.6 Å². The van der Waals surface area contributed by atoms with Gasteiger partial charge >= 0.3 is 5.97 Å². The number of halogens is 2. The molecule has 1 aromatic rings. The van der Waals surface area contributed by atoms with Crippen LogP contribution in [-0.2, 0) is 15.1 Å². The van der Waals surface area contributed by atoms with Crippen molar-refractivity contribution >= 4 is 5.97 Å². The highest BCUT2D eigenvalue weighted by Crippen LogP contribution is 2.49. The largest absolute Gasteiger partial charge is 0.460 e. The van der Waals surface area contributed by atoms with E-state index in [0.29, 0.717) is 24.3 Å². The van der Waals surface area contributed by atoms with Crippen LogP contribution in [0.25, 0.3) is 0 Å². The topological polar surface area (TPSA) is 65.0 Å². The highest BCUT2D eigenvalue weighted by molar-refractivity contribution is 5.82. The molecule has 6 nitrogen and oxygen atoms in total. The smallest absolute Gasteiger partial charge is 0.343 e. The van der Waals surface area contributed by atoms with Gasteiger partial charge in [-0.3, -0.25) is 0 Å². The van der Waals surface area contributed by atoms with Gasteiger partial charge in [0.1, 0.15) is 6.10 Å². The number of hydrogen-bond donors (Lipinski definition) is 1. The minimum absolute atomic E-state index is 0.0409. The fraction of sp³-hybridized carbons (Fsp3) is 0.667. The van der Waals surface area contributed by atoms with Gasteiger partial charge < -0.3 is 23.8 Å². The van der Waals surface area contributed by atoms with E-state index in [2.05, 4.69) is 14.1 Å². The van der Waals surface area contributed by atoms with Gasteiger partial charge in [0.15, 0.2) is 17.1 Å². The van der Waals surface area contributed by atoms with Gasteiger partial charge in [-0.1, -0.05) is 6.07 Å². The maximum Gasteiger partial charge on any atom is 0.343 e. The van der Waals surface area contributed by atoms with Crippen LogP contribution in [0.15, 0.2) is 18.2 Å². The van der Waals surface area contributed by atoms with Crippen LogP contribution in [0, 0.1) is 5.92 Å². The summed E-state index contributed by atoms with van der Waals surface area (Å²) in [7, 11) is 4.23. The van der Waals surface area contributed by atoms with Gasteiger partial charge in [0.2, 0.25) is 12.7 Å². The molecular formula is C21H28F2NO5+. The highest BCUT2D eigenvalue weighted by atomic mass is 19.3. The van der Waals surface area contributed by atoms with Crippen molar-refractivity contribution in [1.29, 1.82) is 0 Å². The third-order valence-corrected chi connectivity index (χ3v) is 6.50. The summed E-state index contributed by atoms with van der Waals surface area (Å²) in [5, 5.41) is 11.5. The third kappa shape index (κ3) is 3.92. The first kappa shape index (κ1) is 20.3. The summed E-state index contributed by atoms with van der Waals surface area (Å²) in [6.07, 6.45) is 0.167. The molecule has 3 aliphatic rings. The van der Waals surface area contributed by atoms with E-state index >= 15 is 0 Å². The Morgan fingerprint density at radius 2 is 1.90 bits per heavy atom. The summed E-state index contributed by atoms with van der Waals surface area (Å²) in [6, 6.07) is 4.62. The Labute approximate surface area is 168 Å². The number of carbonyl (C=O) groups is 1. The quantitative estimate of drug-likeness (QED) is 0.609. The first-order chi connectivity index (χ1) is 13.6. The molecule has 2 atom stereocenters. The number of ether oxygens (including phenoxy) is 3. The molecule has 2 heterocycles. The van der Waals surface area contributed by atoms with Crippen LogP contribution in [0.1, 0.15) is 37.7 Å². The number of nitrogens with zero attached hydrogens (tertiary/aromatic N) is 1. The van der Waals surface area contributed by atoms with Crippen molar-refractivity contribution in [1.82, 2.24) is 0 Å². The number of fused-ring (bicyclic) bond motifs is 1. The summed E-state index contributed by atoms with van der Waals surface area (Å²) < 4.78 is 45.1. The molecule has 0 unspecified atom stereocenters. The maximum atomic E-state index is 14.0. The average Bonchev–Trinajstić information content (AvgIpc) is 3.28. The number of carbonyl (C=O) groups excluding carboxylic acids is 1. The number of esters is 1. The van der Waals surface area contributed by atoms with Crippen molar-refractivity contribution in [2.45, 2.75) is 49.7 Å². The van der Waals surface area contributed by atoms with Crippen LogP contribution in [0.3, 0.4) is 0 Å². The summed E-state index contributed by atoms with van der Waals surface area (Å²) >= 11 is 0. The van der Waals surface area contributed by atoms with Crippen molar-refractivity contribution in [3.05, 3.63) is 23.8 Å². The molecular weight excluding hydrogens is 384 g/mol. The highest BCUT2D eigenvalue weighted by Gasteiger charge is 2.55. The number of rotatable bonds is 4. The number of aliphatic hydroxyl groups is 1. The second kappa shape index (κ2) is 7.09. The summed E-state index contributed by atoms with van der Waals surface area (Å²) in [6.45, 7) is 1.74. The van der Waals surface area contributed by atoms with Gasteiger partial charge in [0.05, 0.1) is 27.2 Å². The van der Waals surface area contributed by atoms with Crippen molar-refractivity contribution in [2.24, 2.45) is 5.92 Å². The van der Waals surface area contributed by atoms with E-state index in [1.165, 1.54) is 12.1 Å². The van der Waals surface area contributed by atoms with Crippen molar-refractivity contribution in [3.8, 4) is 11.5 Å². The second-order valence-electron chi connectivity index (χ2n) is 9.12. The lowest BCUT2D eigenvalue weighted by Crippen LogP contribution is -2.50. The first-order valence-electron chi connectivity index (χ1n) is 10.1. The lowest BCUT2D eigenvalue weighted by atomic mass is 9.79. The fourth-order valence-corrected chi connectivity index (χ4v) is 4.56. The predicted octanol–water partition coefficient (Wildman–Crippen LogP) is 2.82. The SMILES string of the molecule is C[N+]1(C)CCC(OC(=O)[C@](O)(c2ccc3c(c2)OCO3)[C@@H]2CCC(F)(F)C2)CC1. The monoisotopic (exact) mass is 412 g/mol. The molecule has 1 aliphatic carbocycles. The number of benzene rings is 1. The molecule has 2 aliphatic heterocycles. The predicted molar refractivity (Wildman–Crippen MR) is 99.7 cm³/mol. The number of piperidine rings is 1. The van der Waals surface area contributed by atoms with Gasteiger partial charge in [-0.05, 0) is 24.1 Å². The zero-order valence-corrected chi connectivity index (χ0v) is 16.8. The maximum absolute atomic E-state index is 14.0. The molecule has 29 heavy (non-hydrogen) atoms. The number of alkyl halides is 2. The van der Waals surface area contributed by atoms with E-state index < -0.39 is 29.8 Å². The molecule has 0 radical (unpaired) electrons. The Hall–Kier alpha value is -1.93. The molecule has 160 valence electrons. The fourth-order valence-electron chi connectivity index (χ4n) is 4.56. The molecule has 2 fully saturated rings. The normalized spacial score (nSPS) is 27.4. The van der Waals surface area contributed by atoms with Crippen LogP contribution in [0.5, 0.6) is 11.5 Å². The lowest BCUT2D eigenvalue weighted by molar-refractivity contribution is -0.896. The number of quaternary nitrogens is 1. The zero-order chi connectivity index (χ0) is 20.9. The van der Waals surface area contributed by atoms with E-state index in [-0.39, 0.29) is 31.3 Å². The van der Waals surface area contributed by atoms with Gasteiger partial charge in [-0.2, -0.15) is 0 Å². The number of likely N-dealkylation sites (tertiary alicyclic amines) is 1. The molecule has 0 spiro atoms. The van der Waals surface area contributed by atoms with Crippen molar-refractivity contribution in [3.63, 3.8) is 0 Å². The minimum atomic E-state index is -2.90. The molecule has 1 saturated carbocycles. The van der Waals surface area contributed by atoms with Gasteiger partial charge in [0.25, 0.3) is 0 Å². The minimum Gasteiger partial charge on any atom is -0.460 e. The number of hydrogen-bond acceptors (Lipinski definition) is 5. The standard InChI is InChI=1S/C21H28F2NO5/c1-24(2)9-6-16(7-10-24)29-19(25)21(26,15-5-8-20(22,23)12-15)14-3-4-17-18(11-14)28-13-27-17/h3-4,11,15-16,26H,5-10,12-13H2,1-2H3/q+1/t15-,21+/m1/s1. The molecule has 1 N–H and O–H groups in total. The summed E-state index contributed by atoms with van der Waals surface area (Å²) in [5.74, 6) is -3.80. The summed E-state index contributed by atoms with van der Waals surface area (Å²) in [4.78, 5) is 13.2. The Kier molecular flexibility index (Phi) is 4.98. The van der Waals surface area contributed by atoms with Crippen molar-refractivity contribution < 1.29 is 37.4 Å². The Morgan fingerprint density at radius 1 is 1.21 bits per heavy atom. The van der Waals surface area contributed by atoms with E-state index in [1.54, 1.807) is 6.07 Å². The van der Waals surface area contributed by atoms with E-state index in [9.17, 15) is 18.7 Å². The molecule has 8 heteroatoms. The molecule has 0 amide bonds.